The Morgan fingerprint density at radius 1 is 0.880 bits per heavy atom. The van der Waals surface area contributed by atoms with E-state index in [4.69, 9.17) is 5.10 Å². The third-order valence-corrected chi connectivity index (χ3v) is 4.15. The van der Waals surface area contributed by atoms with Crippen LogP contribution in [0.3, 0.4) is 0 Å². The molecule has 2 aromatic carbocycles. The highest BCUT2D eigenvalue weighted by Crippen LogP contribution is 2.32. The molecule has 25 heavy (non-hydrogen) atoms. The lowest BCUT2D eigenvalue weighted by molar-refractivity contribution is 0.782. The Morgan fingerprint density at radius 2 is 1.48 bits per heavy atom. The van der Waals surface area contributed by atoms with Gasteiger partial charge >= 0.3 is 0 Å². The lowest BCUT2D eigenvalue weighted by Crippen LogP contribution is -2.25. The van der Waals surface area contributed by atoms with Crippen LogP contribution in [0.4, 0.5) is 17.3 Å². The van der Waals surface area contributed by atoms with E-state index in [0.29, 0.717) is 5.82 Å². The van der Waals surface area contributed by atoms with Crippen LogP contribution in [0.15, 0.2) is 70.9 Å². The third kappa shape index (κ3) is 3.60. The molecule has 1 aromatic heterocycles. The van der Waals surface area contributed by atoms with Crippen molar-refractivity contribution in [1.82, 2.24) is 9.78 Å². The minimum atomic E-state index is 0.648. The molecular weight excluding hydrogens is 310 g/mol. The summed E-state index contributed by atoms with van der Waals surface area (Å²) in [6.45, 7) is 8.17. The quantitative estimate of drug-likeness (QED) is 0.564. The van der Waals surface area contributed by atoms with E-state index in [-0.39, 0.29) is 0 Å². The zero-order valence-corrected chi connectivity index (χ0v) is 14.9. The number of hydrogen-bond donors (Lipinski definition) is 0. The van der Waals surface area contributed by atoms with E-state index < -0.39 is 0 Å². The van der Waals surface area contributed by atoms with Gasteiger partial charge in [0.1, 0.15) is 5.82 Å². The SMILES string of the molecule is CCN(CC)c1c(C)c(N=Nc2ccccc2)nn1-c1ccccc1. The summed E-state index contributed by atoms with van der Waals surface area (Å²) in [6, 6.07) is 19.9. The average molecular weight is 333 g/mol. The number of nitrogens with zero attached hydrogens (tertiary/aromatic N) is 5. The molecule has 5 heteroatoms. The number of aromatic nitrogens is 2. The van der Waals surface area contributed by atoms with E-state index in [1.54, 1.807) is 0 Å². The van der Waals surface area contributed by atoms with E-state index >= 15 is 0 Å². The Morgan fingerprint density at radius 3 is 2.08 bits per heavy atom. The van der Waals surface area contributed by atoms with Crippen LogP contribution in [-0.4, -0.2) is 22.9 Å². The van der Waals surface area contributed by atoms with Crippen LogP contribution in [0, 0.1) is 6.92 Å². The summed E-state index contributed by atoms with van der Waals surface area (Å²) in [6.07, 6.45) is 0. The first-order valence-electron chi connectivity index (χ1n) is 8.61. The minimum Gasteiger partial charge on any atom is -0.357 e. The van der Waals surface area contributed by atoms with Crippen molar-refractivity contribution < 1.29 is 0 Å². The number of rotatable bonds is 6. The Bertz CT molecular complexity index is 833. The van der Waals surface area contributed by atoms with E-state index in [9.17, 15) is 0 Å². The second kappa shape index (κ2) is 7.75. The summed E-state index contributed by atoms with van der Waals surface area (Å²) in [5.41, 5.74) is 2.88. The Kier molecular flexibility index (Phi) is 5.23. The molecule has 0 saturated heterocycles. The van der Waals surface area contributed by atoms with Gasteiger partial charge in [-0.1, -0.05) is 36.4 Å². The van der Waals surface area contributed by atoms with Crippen molar-refractivity contribution in [2.45, 2.75) is 20.8 Å². The van der Waals surface area contributed by atoms with E-state index in [0.717, 1.165) is 35.8 Å². The van der Waals surface area contributed by atoms with Crippen LogP contribution in [0.2, 0.25) is 0 Å². The van der Waals surface area contributed by atoms with E-state index in [2.05, 4.69) is 48.0 Å². The number of para-hydroxylation sites is 1. The lowest BCUT2D eigenvalue weighted by atomic mass is 10.3. The lowest BCUT2D eigenvalue weighted by Gasteiger charge is -2.22. The molecule has 0 radical (unpaired) electrons. The molecule has 0 aliphatic carbocycles. The maximum atomic E-state index is 4.73. The topological polar surface area (TPSA) is 45.8 Å². The second-order valence-electron chi connectivity index (χ2n) is 5.73. The monoisotopic (exact) mass is 333 g/mol. The number of benzene rings is 2. The largest absolute Gasteiger partial charge is 0.357 e. The fourth-order valence-corrected chi connectivity index (χ4v) is 2.81. The molecule has 0 amide bonds. The van der Waals surface area contributed by atoms with Crippen LogP contribution in [-0.2, 0) is 0 Å². The van der Waals surface area contributed by atoms with Crippen LogP contribution in [0.1, 0.15) is 19.4 Å². The van der Waals surface area contributed by atoms with Gasteiger partial charge in [-0.2, -0.15) is 0 Å². The number of anilines is 1. The molecule has 0 saturated carbocycles. The molecule has 5 nitrogen and oxygen atoms in total. The van der Waals surface area contributed by atoms with Crippen LogP contribution in [0.5, 0.6) is 0 Å². The molecule has 3 rings (SSSR count). The smallest absolute Gasteiger partial charge is 0.201 e. The molecular formula is C20H23N5. The fourth-order valence-electron chi connectivity index (χ4n) is 2.81. The average Bonchev–Trinajstić information content (AvgIpc) is 2.99. The molecule has 0 aliphatic heterocycles. The van der Waals surface area contributed by atoms with E-state index in [1.807, 2.05) is 53.2 Å². The molecule has 0 N–H and O–H groups in total. The van der Waals surface area contributed by atoms with Crippen LogP contribution in [0.25, 0.3) is 5.69 Å². The summed E-state index contributed by atoms with van der Waals surface area (Å²) < 4.78 is 1.96. The minimum absolute atomic E-state index is 0.648. The predicted octanol–water partition coefficient (Wildman–Crippen LogP) is 5.44. The highest BCUT2D eigenvalue weighted by atomic mass is 15.4. The summed E-state index contributed by atoms with van der Waals surface area (Å²) in [5, 5.41) is 13.5. The highest BCUT2D eigenvalue weighted by Gasteiger charge is 2.19. The van der Waals surface area contributed by atoms with Crippen molar-refractivity contribution in [3.63, 3.8) is 0 Å². The fraction of sp³-hybridized carbons (Fsp3) is 0.250. The molecule has 0 unspecified atom stereocenters. The predicted molar refractivity (Wildman–Crippen MR) is 102 cm³/mol. The van der Waals surface area contributed by atoms with Gasteiger partial charge < -0.3 is 4.90 Å². The van der Waals surface area contributed by atoms with Crippen molar-refractivity contribution in [2.75, 3.05) is 18.0 Å². The molecule has 0 spiro atoms. The second-order valence-corrected chi connectivity index (χ2v) is 5.73. The molecule has 1 heterocycles. The van der Waals surface area contributed by atoms with Gasteiger partial charge in [0.05, 0.1) is 11.4 Å². The van der Waals surface area contributed by atoms with Gasteiger partial charge in [0.15, 0.2) is 0 Å². The molecule has 0 aliphatic rings. The first-order chi connectivity index (χ1) is 12.2. The van der Waals surface area contributed by atoms with Gasteiger partial charge in [-0.3, -0.25) is 0 Å². The van der Waals surface area contributed by atoms with Crippen molar-refractivity contribution >= 4 is 17.3 Å². The molecule has 128 valence electrons. The highest BCUT2D eigenvalue weighted by molar-refractivity contribution is 5.61. The summed E-state index contributed by atoms with van der Waals surface area (Å²) in [4.78, 5) is 2.29. The maximum absolute atomic E-state index is 4.73. The summed E-state index contributed by atoms with van der Waals surface area (Å²) >= 11 is 0. The number of hydrogen-bond acceptors (Lipinski definition) is 4. The Labute approximate surface area is 148 Å². The zero-order chi connectivity index (χ0) is 17.6. The zero-order valence-electron chi connectivity index (χ0n) is 14.9. The third-order valence-electron chi connectivity index (χ3n) is 4.15. The van der Waals surface area contributed by atoms with Gasteiger partial charge in [-0.25, -0.2) is 4.68 Å². The van der Waals surface area contributed by atoms with Crippen molar-refractivity contribution in [1.29, 1.82) is 0 Å². The molecule has 0 atom stereocenters. The van der Waals surface area contributed by atoms with Crippen molar-refractivity contribution in [3.8, 4) is 5.69 Å². The molecule has 0 bridgehead atoms. The standard InChI is InChI=1S/C20H23N5/c1-4-24(5-2)20-16(3)19(22-21-17-12-8-6-9-13-17)23-25(20)18-14-10-7-11-15-18/h6-15H,4-5H2,1-3H3. The van der Waals surface area contributed by atoms with Crippen LogP contribution < -0.4 is 4.90 Å². The van der Waals surface area contributed by atoms with Gasteiger partial charge in [0.2, 0.25) is 5.82 Å². The van der Waals surface area contributed by atoms with E-state index in [1.165, 1.54) is 0 Å². The molecule has 0 fully saturated rings. The van der Waals surface area contributed by atoms with Gasteiger partial charge in [-0.15, -0.1) is 15.3 Å². The number of azo groups is 1. The molecule has 3 aromatic rings. The summed E-state index contributed by atoms with van der Waals surface area (Å²) in [7, 11) is 0. The first-order valence-corrected chi connectivity index (χ1v) is 8.61. The summed E-state index contributed by atoms with van der Waals surface area (Å²) in [5.74, 6) is 1.72. The van der Waals surface area contributed by atoms with Gasteiger partial charge in [0, 0.05) is 18.7 Å². The van der Waals surface area contributed by atoms with Gasteiger partial charge in [0.25, 0.3) is 0 Å². The van der Waals surface area contributed by atoms with Crippen molar-refractivity contribution in [3.05, 3.63) is 66.2 Å². The first kappa shape index (κ1) is 16.9. The normalized spacial score (nSPS) is 11.2. The van der Waals surface area contributed by atoms with Gasteiger partial charge in [-0.05, 0) is 45.0 Å². The van der Waals surface area contributed by atoms with Crippen LogP contribution >= 0.6 is 0 Å². The Balaban J connectivity index is 2.07. The Hall–Kier alpha value is -2.95. The maximum Gasteiger partial charge on any atom is 0.201 e. The van der Waals surface area contributed by atoms with Crippen molar-refractivity contribution in [2.24, 2.45) is 10.2 Å².